The Labute approximate surface area is 243 Å². The molecule has 3 aromatic rings. The Morgan fingerprint density at radius 1 is 0.900 bits per heavy atom. The van der Waals surface area contributed by atoms with Crippen LogP contribution in [0.15, 0.2) is 71.6 Å². The molecular formula is C31H38ClN3O4S. The second kappa shape index (κ2) is 13.3. The van der Waals surface area contributed by atoms with Crippen molar-refractivity contribution in [2.75, 3.05) is 17.4 Å². The third-order valence-electron chi connectivity index (χ3n) is 6.85. The smallest absolute Gasteiger partial charge is 0.264 e. The molecule has 1 N–H and O–H groups in total. The van der Waals surface area contributed by atoms with Gasteiger partial charge in [-0.05, 0) is 80.6 Å². The van der Waals surface area contributed by atoms with Gasteiger partial charge in [-0.15, -0.1) is 0 Å². The van der Waals surface area contributed by atoms with Crippen molar-refractivity contribution in [2.24, 2.45) is 5.92 Å². The van der Waals surface area contributed by atoms with E-state index >= 15 is 0 Å². The fourth-order valence-corrected chi connectivity index (χ4v) is 5.78. The van der Waals surface area contributed by atoms with Gasteiger partial charge in [0.15, 0.2) is 0 Å². The number of carbonyl (C=O) groups is 2. The first-order valence-corrected chi connectivity index (χ1v) is 15.1. The van der Waals surface area contributed by atoms with Crippen molar-refractivity contribution in [3.05, 3.63) is 94.0 Å². The lowest BCUT2D eigenvalue weighted by Crippen LogP contribution is -2.51. The number of benzene rings is 3. The summed E-state index contributed by atoms with van der Waals surface area (Å²) < 4.78 is 29.2. The molecule has 7 nitrogen and oxygen atoms in total. The summed E-state index contributed by atoms with van der Waals surface area (Å²) in [5, 5.41) is 3.44. The number of amides is 2. The lowest BCUT2D eigenvalue weighted by atomic mass is 10.1. The summed E-state index contributed by atoms with van der Waals surface area (Å²) in [7, 11) is -4.12. The zero-order chi connectivity index (χ0) is 29.6. The van der Waals surface area contributed by atoms with Gasteiger partial charge in [0.25, 0.3) is 10.0 Å². The SMILES string of the molecule is Cc1ccc(S(=O)(=O)N(CC(=O)N(Cc2ccc(Cl)cc2)[C@H](C)C(=O)NCC(C)C)c2cccc(C)c2C)cc1. The maximum absolute atomic E-state index is 14.0. The number of hydrogen-bond donors (Lipinski definition) is 1. The van der Waals surface area contributed by atoms with Crippen molar-refractivity contribution in [3.8, 4) is 0 Å². The molecule has 0 aliphatic carbocycles. The van der Waals surface area contributed by atoms with E-state index in [1.807, 2.05) is 40.7 Å². The second-order valence-electron chi connectivity index (χ2n) is 10.5. The Kier molecular flexibility index (Phi) is 10.4. The predicted octanol–water partition coefficient (Wildman–Crippen LogP) is 5.65. The molecule has 0 heterocycles. The van der Waals surface area contributed by atoms with E-state index in [1.54, 1.807) is 67.6 Å². The third kappa shape index (κ3) is 7.64. The van der Waals surface area contributed by atoms with Gasteiger partial charge >= 0.3 is 0 Å². The van der Waals surface area contributed by atoms with Crippen molar-refractivity contribution in [1.82, 2.24) is 10.2 Å². The Morgan fingerprint density at radius 3 is 2.12 bits per heavy atom. The second-order valence-corrected chi connectivity index (χ2v) is 12.8. The van der Waals surface area contributed by atoms with Crippen molar-refractivity contribution in [3.63, 3.8) is 0 Å². The number of hydrogen-bond acceptors (Lipinski definition) is 4. The molecule has 214 valence electrons. The summed E-state index contributed by atoms with van der Waals surface area (Å²) in [6, 6.07) is 18.1. The van der Waals surface area contributed by atoms with Gasteiger partial charge in [-0.2, -0.15) is 0 Å². The molecule has 0 radical (unpaired) electrons. The Morgan fingerprint density at radius 2 is 1.52 bits per heavy atom. The molecule has 1 atom stereocenters. The van der Waals surface area contributed by atoms with Crippen molar-refractivity contribution >= 4 is 39.1 Å². The van der Waals surface area contributed by atoms with Gasteiger partial charge in [-0.1, -0.05) is 67.4 Å². The first kappa shape index (κ1) is 31.2. The minimum atomic E-state index is -4.12. The maximum Gasteiger partial charge on any atom is 0.264 e. The lowest BCUT2D eigenvalue weighted by Gasteiger charge is -2.32. The molecule has 0 saturated carbocycles. The van der Waals surface area contributed by atoms with Crippen LogP contribution in [-0.4, -0.2) is 44.3 Å². The van der Waals surface area contributed by atoms with Crippen LogP contribution in [0.4, 0.5) is 5.69 Å². The van der Waals surface area contributed by atoms with Crippen LogP contribution in [0.3, 0.4) is 0 Å². The first-order valence-electron chi connectivity index (χ1n) is 13.3. The standard InChI is InChI=1S/C31H38ClN3O4S/c1-21(2)18-33-31(37)25(6)34(19-26-12-14-27(32)15-13-26)30(36)20-35(29-9-7-8-23(4)24(29)5)40(38,39)28-16-10-22(3)11-17-28/h7-17,21,25H,18-20H2,1-6H3,(H,33,37)/t25-/m1/s1. The summed E-state index contributed by atoms with van der Waals surface area (Å²) in [6.07, 6.45) is 0. The fraction of sp³-hybridized carbons (Fsp3) is 0.355. The van der Waals surface area contributed by atoms with E-state index in [-0.39, 0.29) is 23.3 Å². The van der Waals surface area contributed by atoms with Gasteiger partial charge in [0.05, 0.1) is 10.6 Å². The topological polar surface area (TPSA) is 86.8 Å². The minimum absolute atomic E-state index is 0.0822. The maximum atomic E-state index is 14.0. The van der Waals surface area contributed by atoms with Crippen LogP contribution in [0, 0.1) is 26.7 Å². The van der Waals surface area contributed by atoms with E-state index in [9.17, 15) is 18.0 Å². The number of rotatable bonds is 11. The fourth-order valence-electron chi connectivity index (χ4n) is 4.18. The number of nitrogens with zero attached hydrogens (tertiary/aromatic N) is 2. The highest BCUT2D eigenvalue weighted by Crippen LogP contribution is 2.29. The number of aryl methyl sites for hydroxylation is 2. The third-order valence-corrected chi connectivity index (χ3v) is 8.88. The van der Waals surface area contributed by atoms with Crippen molar-refractivity contribution in [2.45, 2.75) is 59.0 Å². The van der Waals surface area contributed by atoms with Crippen LogP contribution in [0.1, 0.15) is 43.0 Å². The van der Waals surface area contributed by atoms with E-state index in [4.69, 9.17) is 11.6 Å². The van der Waals surface area contributed by atoms with Gasteiger partial charge in [-0.3, -0.25) is 13.9 Å². The van der Waals surface area contributed by atoms with E-state index in [0.29, 0.717) is 17.3 Å². The van der Waals surface area contributed by atoms with Crippen LogP contribution < -0.4 is 9.62 Å². The van der Waals surface area contributed by atoms with Crippen LogP contribution in [0.5, 0.6) is 0 Å². The Hall–Kier alpha value is -3.36. The van der Waals surface area contributed by atoms with E-state index < -0.39 is 28.5 Å². The summed E-state index contributed by atoms with van der Waals surface area (Å²) in [6.45, 7) is 11.3. The number of anilines is 1. The van der Waals surface area contributed by atoms with Gasteiger partial charge in [0.1, 0.15) is 12.6 Å². The van der Waals surface area contributed by atoms with Gasteiger partial charge in [0.2, 0.25) is 11.8 Å². The van der Waals surface area contributed by atoms with Crippen LogP contribution >= 0.6 is 11.6 Å². The monoisotopic (exact) mass is 583 g/mol. The van der Waals surface area contributed by atoms with Gasteiger partial charge < -0.3 is 10.2 Å². The Balaban J connectivity index is 2.05. The van der Waals surface area contributed by atoms with Crippen LogP contribution in [0.25, 0.3) is 0 Å². The molecule has 3 aromatic carbocycles. The van der Waals surface area contributed by atoms with E-state index in [0.717, 1.165) is 26.6 Å². The summed E-state index contributed by atoms with van der Waals surface area (Å²) in [5.74, 6) is -0.578. The zero-order valence-corrected chi connectivity index (χ0v) is 25.5. The minimum Gasteiger partial charge on any atom is -0.354 e. The molecule has 9 heteroatoms. The molecule has 0 unspecified atom stereocenters. The average molecular weight is 584 g/mol. The number of sulfonamides is 1. The van der Waals surface area contributed by atoms with Crippen LogP contribution in [0.2, 0.25) is 5.02 Å². The van der Waals surface area contributed by atoms with Crippen molar-refractivity contribution in [1.29, 1.82) is 0 Å². The molecule has 0 aromatic heterocycles. The number of carbonyl (C=O) groups excluding carboxylic acids is 2. The predicted molar refractivity (Wildman–Crippen MR) is 161 cm³/mol. The van der Waals surface area contributed by atoms with Gasteiger partial charge in [-0.25, -0.2) is 8.42 Å². The Bertz CT molecular complexity index is 1440. The van der Waals surface area contributed by atoms with E-state index in [1.165, 1.54) is 4.90 Å². The highest BCUT2D eigenvalue weighted by atomic mass is 35.5. The number of halogens is 1. The quantitative estimate of drug-likeness (QED) is 0.316. The largest absolute Gasteiger partial charge is 0.354 e. The summed E-state index contributed by atoms with van der Waals surface area (Å²) >= 11 is 6.06. The lowest BCUT2D eigenvalue weighted by molar-refractivity contribution is -0.139. The molecule has 0 saturated heterocycles. The number of nitrogens with one attached hydrogen (secondary N) is 1. The average Bonchev–Trinajstić information content (AvgIpc) is 2.91. The molecule has 0 aliphatic rings. The molecule has 0 spiro atoms. The summed E-state index contributed by atoms with van der Waals surface area (Å²) in [4.78, 5) is 28.6. The van der Waals surface area contributed by atoms with Crippen LogP contribution in [-0.2, 0) is 26.2 Å². The highest BCUT2D eigenvalue weighted by Gasteiger charge is 2.33. The molecule has 2 amide bonds. The van der Waals surface area contributed by atoms with Crippen molar-refractivity contribution < 1.29 is 18.0 Å². The normalized spacial score (nSPS) is 12.2. The first-order chi connectivity index (χ1) is 18.8. The molecule has 0 fully saturated rings. The van der Waals surface area contributed by atoms with Gasteiger partial charge in [0, 0.05) is 18.1 Å². The molecule has 0 bridgehead atoms. The molecule has 3 rings (SSSR count). The molecule has 40 heavy (non-hydrogen) atoms. The molecular weight excluding hydrogens is 546 g/mol. The zero-order valence-electron chi connectivity index (χ0n) is 23.9. The molecule has 0 aliphatic heterocycles. The summed E-state index contributed by atoms with van der Waals surface area (Å²) in [5.41, 5.74) is 3.74. The van der Waals surface area contributed by atoms with E-state index in [2.05, 4.69) is 5.32 Å². The highest BCUT2D eigenvalue weighted by molar-refractivity contribution is 7.92.